The summed E-state index contributed by atoms with van der Waals surface area (Å²) in [5, 5.41) is 8.76. The Morgan fingerprint density at radius 2 is 1.79 bits per heavy atom. The highest BCUT2D eigenvalue weighted by atomic mass is 16.5. The zero-order valence-electron chi connectivity index (χ0n) is 11.4. The molecule has 0 spiro atoms. The van der Waals surface area contributed by atoms with Gasteiger partial charge < -0.3 is 9.84 Å². The fraction of sp³-hybridized carbons (Fsp3) is 0.467. The first-order chi connectivity index (χ1) is 9.04. The Bertz CT molecular complexity index is 422. The van der Waals surface area contributed by atoms with Crippen molar-refractivity contribution in [3.63, 3.8) is 0 Å². The van der Waals surface area contributed by atoms with Crippen molar-refractivity contribution in [2.75, 3.05) is 6.61 Å². The highest BCUT2D eigenvalue weighted by Crippen LogP contribution is 2.10. The molecule has 1 rings (SSSR count). The minimum absolute atomic E-state index is 0.160. The molecule has 0 bridgehead atoms. The molecule has 0 amide bonds. The first-order valence-electron chi connectivity index (χ1n) is 6.55. The van der Waals surface area contributed by atoms with Crippen molar-refractivity contribution in [3.05, 3.63) is 35.4 Å². The Labute approximate surface area is 113 Å². The van der Waals surface area contributed by atoms with Crippen molar-refractivity contribution >= 4 is 11.9 Å². The summed E-state index contributed by atoms with van der Waals surface area (Å²) >= 11 is 0. The average Bonchev–Trinajstić information content (AvgIpc) is 2.42. The predicted octanol–water partition coefficient (Wildman–Crippen LogP) is 3.37. The van der Waals surface area contributed by atoms with E-state index >= 15 is 0 Å². The highest BCUT2D eigenvalue weighted by Gasteiger charge is 2.11. The van der Waals surface area contributed by atoms with Gasteiger partial charge in [0.1, 0.15) is 0 Å². The fourth-order valence-electron chi connectivity index (χ4n) is 1.69. The number of esters is 1. The van der Waals surface area contributed by atoms with E-state index in [2.05, 4.69) is 13.8 Å². The monoisotopic (exact) mass is 264 g/mol. The van der Waals surface area contributed by atoms with Crippen LogP contribution in [0, 0.1) is 5.92 Å². The summed E-state index contributed by atoms with van der Waals surface area (Å²) in [5.41, 5.74) is 0.542. The van der Waals surface area contributed by atoms with E-state index in [1.807, 2.05) is 0 Å². The Kier molecular flexibility index (Phi) is 6.06. The van der Waals surface area contributed by atoms with Crippen LogP contribution in [0.15, 0.2) is 24.3 Å². The largest absolute Gasteiger partial charge is 0.478 e. The molecule has 0 saturated heterocycles. The summed E-state index contributed by atoms with van der Waals surface area (Å²) in [6.45, 7) is 4.58. The topological polar surface area (TPSA) is 63.6 Å². The lowest BCUT2D eigenvalue weighted by Gasteiger charge is -2.11. The van der Waals surface area contributed by atoms with E-state index in [1.165, 1.54) is 24.3 Å². The molecule has 0 aromatic heterocycles. The van der Waals surface area contributed by atoms with Crippen molar-refractivity contribution in [1.29, 1.82) is 0 Å². The molecule has 1 atom stereocenters. The van der Waals surface area contributed by atoms with E-state index < -0.39 is 11.9 Å². The first-order valence-corrected chi connectivity index (χ1v) is 6.55. The second kappa shape index (κ2) is 7.56. The zero-order valence-corrected chi connectivity index (χ0v) is 11.4. The molecule has 0 aliphatic rings. The van der Waals surface area contributed by atoms with E-state index in [1.54, 1.807) is 0 Å². The number of carboxylic acids is 1. The van der Waals surface area contributed by atoms with Crippen molar-refractivity contribution in [2.45, 2.75) is 33.1 Å². The number of carbonyl (C=O) groups excluding carboxylic acids is 1. The van der Waals surface area contributed by atoms with Crippen LogP contribution in [0.1, 0.15) is 53.8 Å². The maximum atomic E-state index is 11.7. The Hall–Kier alpha value is -1.84. The van der Waals surface area contributed by atoms with E-state index in [9.17, 15) is 9.59 Å². The van der Waals surface area contributed by atoms with Crippen LogP contribution in [0.4, 0.5) is 0 Å². The number of hydrogen-bond donors (Lipinski definition) is 1. The van der Waals surface area contributed by atoms with Crippen LogP contribution in [0.2, 0.25) is 0 Å². The fourth-order valence-corrected chi connectivity index (χ4v) is 1.69. The van der Waals surface area contributed by atoms with Gasteiger partial charge in [-0.15, -0.1) is 0 Å². The van der Waals surface area contributed by atoms with Gasteiger partial charge in [0.05, 0.1) is 17.7 Å². The molecular weight excluding hydrogens is 244 g/mol. The summed E-state index contributed by atoms with van der Waals surface area (Å²) < 4.78 is 5.20. The second-order valence-corrected chi connectivity index (χ2v) is 4.73. The third kappa shape index (κ3) is 5.12. The molecule has 4 heteroatoms. The Balaban J connectivity index is 2.47. The predicted molar refractivity (Wildman–Crippen MR) is 72.4 cm³/mol. The number of unbranched alkanes of at least 4 members (excludes halogenated alkanes) is 1. The average molecular weight is 264 g/mol. The highest BCUT2D eigenvalue weighted by molar-refractivity contribution is 5.92. The van der Waals surface area contributed by atoms with Crippen LogP contribution in [-0.4, -0.2) is 23.7 Å². The summed E-state index contributed by atoms with van der Waals surface area (Å²) in [5.74, 6) is -1.06. The van der Waals surface area contributed by atoms with Gasteiger partial charge in [-0.2, -0.15) is 0 Å². The molecule has 104 valence electrons. The molecule has 0 aliphatic carbocycles. The minimum atomic E-state index is -1.01. The smallest absolute Gasteiger partial charge is 0.338 e. The van der Waals surface area contributed by atoms with Gasteiger partial charge >= 0.3 is 11.9 Å². The van der Waals surface area contributed by atoms with Crippen LogP contribution in [-0.2, 0) is 4.74 Å². The number of aromatic carboxylic acids is 1. The first kappa shape index (κ1) is 15.2. The van der Waals surface area contributed by atoms with Gasteiger partial charge in [-0.25, -0.2) is 9.59 Å². The quantitative estimate of drug-likeness (QED) is 0.767. The standard InChI is InChI=1S/C15H20O4/c1-3-4-5-11(2)10-19-15(18)13-8-6-12(7-9-13)14(16)17/h6-9,11H,3-5,10H2,1-2H3,(H,16,17)/t11-/m1/s1. The number of hydrogen-bond acceptors (Lipinski definition) is 3. The lowest BCUT2D eigenvalue weighted by atomic mass is 10.1. The van der Waals surface area contributed by atoms with E-state index in [0.29, 0.717) is 18.1 Å². The molecule has 0 unspecified atom stereocenters. The van der Waals surface area contributed by atoms with Gasteiger partial charge in [-0.3, -0.25) is 0 Å². The Morgan fingerprint density at radius 3 is 2.32 bits per heavy atom. The van der Waals surface area contributed by atoms with E-state index in [0.717, 1.165) is 19.3 Å². The number of carbonyl (C=O) groups is 2. The molecule has 0 fully saturated rings. The zero-order chi connectivity index (χ0) is 14.3. The lowest BCUT2D eigenvalue weighted by Crippen LogP contribution is -2.12. The summed E-state index contributed by atoms with van der Waals surface area (Å²) in [6.07, 6.45) is 3.31. The summed E-state index contributed by atoms with van der Waals surface area (Å²) in [6, 6.07) is 5.75. The van der Waals surface area contributed by atoms with E-state index in [4.69, 9.17) is 9.84 Å². The molecule has 19 heavy (non-hydrogen) atoms. The van der Waals surface area contributed by atoms with Gasteiger partial charge in [-0.1, -0.05) is 26.7 Å². The third-order valence-electron chi connectivity index (χ3n) is 2.92. The van der Waals surface area contributed by atoms with Crippen LogP contribution in [0.25, 0.3) is 0 Å². The molecule has 0 heterocycles. The van der Waals surface area contributed by atoms with Gasteiger partial charge in [0.25, 0.3) is 0 Å². The van der Waals surface area contributed by atoms with Crippen molar-refractivity contribution in [2.24, 2.45) is 5.92 Å². The summed E-state index contributed by atoms with van der Waals surface area (Å²) in [7, 11) is 0. The van der Waals surface area contributed by atoms with Crippen LogP contribution < -0.4 is 0 Å². The van der Waals surface area contributed by atoms with Gasteiger partial charge in [0.15, 0.2) is 0 Å². The number of carboxylic acid groups (broad SMARTS) is 1. The molecule has 0 saturated carbocycles. The molecule has 4 nitrogen and oxygen atoms in total. The number of rotatable bonds is 7. The SMILES string of the molecule is CCCC[C@@H](C)COC(=O)c1ccc(C(=O)O)cc1. The van der Waals surface area contributed by atoms with Crippen molar-refractivity contribution < 1.29 is 19.4 Å². The van der Waals surface area contributed by atoms with Gasteiger partial charge in [0.2, 0.25) is 0 Å². The maximum Gasteiger partial charge on any atom is 0.338 e. The lowest BCUT2D eigenvalue weighted by molar-refractivity contribution is 0.0442. The molecule has 1 aromatic carbocycles. The minimum Gasteiger partial charge on any atom is -0.478 e. The summed E-state index contributed by atoms with van der Waals surface area (Å²) in [4.78, 5) is 22.4. The number of benzene rings is 1. The molecule has 1 N–H and O–H groups in total. The van der Waals surface area contributed by atoms with E-state index in [-0.39, 0.29) is 5.56 Å². The maximum absolute atomic E-state index is 11.7. The molecular formula is C15H20O4. The molecule has 0 aliphatic heterocycles. The van der Waals surface area contributed by atoms with Gasteiger partial charge in [0, 0.05) is 0 Å². The Morgan fingerprint density at radius 1 is 1.21 bits per heavy atom. The van der Waals surface area contributed by atoms with Crippen molar-refractivity contribution in [3.8, 4) is 0 Å². The van der Waals surface area contributed by atoms with Crippen LogP contribution in [0.3, 0.4) is 0 Å². The van der Waals surface area contributed by atoms with Crippen LogP contribution in [0.5, 0.6) is 0 Å². The normalized spacial score (nSPS) is 11.9. The molecule has 1 aromatic rings. The second-order valence-electron chi connectivity index (χ2n) is 4.73. The molecule has 0 radical (unpaired) electrons. The van der Waals surface area contributed by atoms with Crippen molar-refractivity contribution in [1.82, 2.24) is 0 Å². The third-order valence-corrected chi connectivity index (χ3v) is 2.92. The van der Waals surface area contributed by atoms with Crippen LogP contribution >= 0.6 is 0 Å². The van der Waals surface area contributed by atoms with Gasteiger partial charge in [-0.05, 0) is 36.6 Å². The number of ether oxygens (including phenoxy) is 1.